The molecule has 1 heterocycles. The van der Waals surface area contributed by atoms with Crippen LogP contribution in [-0.2, 0) is 4.79 Å². The zero-order valence-electron chi connectivity index (χ0n) is 10.5. The highest BCUT2D eigenvalue weighted by molar-refractivity contribution is 9.11. The number of aliphatic carboxylic acids is 1. The van der Waals surface area contributed by atoms with Crippen LogP contribution in [0.5, 0.6) is 0 Å². The molecule has 0 atom stereocenters. The Balaban J connectivity index is 2.26. The number of nitrogens with zero attached hydrogens (tertiary/aromatic N) is 1. The van der Waals surface area contributed by atoms with Crippen LogP contribution in [0.2, 0.25) is 0 Å². The smallest absolute Gasteiger partial charge is 0.305 e. The van der Waals surface area contributed by atoms with E-state index in [1.165, 1.54) is 16.2 Å². The van der Waals surface area contributed by atoms with Gasteiger partial charge in [0.1, 0.15) is 0 Å². The highest BCUT2D eigenvalue weighted by atomic mass is 79.9. The molecule has 1 aromatic carbocycles. The predicted molar refractivity (Wildman–Crippen MR) is 82.4 cm³/mol. The third kappa shape index (κ3) is 3.68. The minimum absolute atomic E-state index is 0.0913. The average Bonchev–Trinajstić information content (AvgIpc) is 2.86. The molecule has 104 valence electrons. The summed E-state index contributed by atoms with van der Waals surface area (Å²) in [4.78, 5) is 24.7. The van der Waals surface area contributed by atoms with Crippen molar-refractivity contribution in [1.29, 1.82) is 0 Å². The number of thiophene rings is 1. The van der Waals surface area contributed by atoms with Crippen molar-refractivity contribution in [2.24, 2.45) is 0 Å². The Kier molecular flexibility index (Phi) is 4.92. The second-order valence-electron chi connectivity index (χ2n) is 4.08. The Morgan fingerprint density at radius 1 is 1.25 bits per heavy atom. The van der Waals surface area contributed by atoms with Crippen LogP contribution in [0.15, 0.2) is 45.6 Å². The molecule has 0 bridgehead atoms. The van der Waals surface area contributed by atoms with Crippen LogP contribution in [0.4, 0.5) is 5.69 Å². The number of rotatable bonds is 5. The molecule has 0 aliphatic carbocycles. The van der Waals surface area contributed by atoms with E-state index in [4.69, 9.17) is 5.11 Å². The van der Waals surface area contributed by atoms with Crippen molar-refractivity contribution in [3.05, 3.63) is 51.1 Å². The number of anilines is 1. The van der Waals surface area contributed by atoms with E-state index >= 15 is 0 Å². The molecule has 4 nitrogen and oxygen atoms in total. The van der Waals surface area contributed by atoms with Crippen LogP contribution in [0, 0.1) is 0 Å². The number of carbonyl (C=O) groups excluding carboxylic acids is 1. The molecule has 1 N–H and O–H groups in total. The van der Waals surface area contributed by atoms with Crippen molar-refractivity contribution in [2.75, 3.05) is 11.4 Å². The monoisotopic (exact) mass is 353 g/mol. The number of carboxylic acid groups (broad SMARTS) is 1. The number of benzene rings is 1. The summed E-state index contributed by atoms with van der Waals surface area (Å²) in [6.45, 7) is 0.144. The van der Waals surface area contributed by atoms with Crippen LogP contribution in [-0.4, -0.2) is 23.5 Å². The summed E-state index contributed by atoms with van der Waals surface area (Å²) < 4.78 is 0.868. The molecule has 1 amide bonds. The molecule has 0 fully saturated rings. The number of hydrogen-bond acceptors (Lipinski definition) is 3. The quantitative estimate of drug-likeness (QED) is 0.892. The van der Waals surface area contributed by atoms with Gasteiger partial charge in [0.05, 0.1) is 15.8 Å². The van der Waals surface area contributed by atoms with E-state index in [-0.39, 0.29) is 18.9 Å². The summed E-state index contributed by atoms with van der Waals surface area (Å²) in [5.74, 6) is -1.12. The molecule has 0 aliphatic heterocycles. The summed E-state index contributed by atoms with van der Waals surface area (Å²) in [5.41, 5.74) is 1.25. The maximum Gasteiger partial charge on any atom is 0.305 e. The van der Waals surface area contributed by atoms with Gasteiger partial charge in [0.15, 0.2) is 0 Å². The summed E-state index contributed by atoms with van der Waals surface area (Å²) in [6, 6.07) is 10.8. The van der Waals surface area contributed by atoms with Crippen molar-refractivity contribution in [1.82, 2.24) is 0 Å². The number of carboxylic acids is 1. The summed E-state index contributed by atoms with van der Waals surface area (Å²) in [7, 11) is 0. The van der Waals surface area contributed by atoms with E-state index in [1.807, 2.05) is 18.2 Å². The molecule has 0 aliphatic rings. The number of amides is 1. The molecule has 2 rings (SSSR count). The first-order valence-corrected chi connectivity index (χ1v) is 7.58. The van der Waals surface area contributed by atoms with Gasteiger partial charge in [-0.25, -0.2) is 0 Å². The lowest BCUT2D eigenvalue weighted by atomic mass is 10.2. The molecule has 0 saturated heterocycles. The highest BCUT2D eigenvalue weighted by Crippen LogP contribution is 2.24. The normalized spacial score (nSPS) is 10.2. The molecular formula is C14H12BrNO3S. The van der Waals surface area contributed by atoms with Gasteiger partial charge < -0.3 is 10.0 Å². The van der Waals surface area contributed by atoms with Crippen molar-refractivity contribution in [3.8, 4) is 0 Å². The van der Waals surface area contributed by atoms with Crippen LogP contribution in [0.25, 0.3) is 0 Å². The fourth-order valence-electron chi connectivity index (χ4n) is 1.74. The van der Waals surface area contributed by atoms with Gasteiger partial charge >= 0.3 is 5.97 Å². The molecule has 1 aromatic heterocycles. The van der Waals surface area contributed by atoms with Crippen LogP contribution in [0.3, 0.4) is 0 Å². The van der Waals surface area contributed by atoms with E-state index in [9.17, 15) is 9.59 Å². The molecule has 2 aromatic rings. The van der Waals surface area contributed by atoms with Gasteiger partial charge in [0.25, 0.3) is 5.91 Å². The van der Waals surface area contributed by atoms with E-state index in [1.54, 1.807) is 23.6 Å². The van der Waals surface area contributed by atoms with E-state index in [2.05, 4.69) is 15.9 Å². The largest absolute Gasteiger partial charge is 0.481 e. The molecular weight excluding hydrogens is 342 g/mol. The lowest BCUT2D eigenvalue weighted by molar-refractivity contribution is -0.136. The van der Waals surface area contributed by atoms with Gasteiger partial charge in [-0.1, -0.05) is 18.2 Å². The van der Waals surface area contributed by atoms with Gasteiger partial charge in [-0.15, -0.1) is 11.3 Å². The molecule has 0 spiro atoms. The summed E-state index contributed by atoms with van der Waals surface area (Å²) in [5, 5.41) is 10.6. The van der Waals surface area contributed by atoms with Gasteiger partial charge in [-0.3, -0.25) is 9.59 Å². The molecule has 0 unspecified atom stereocenters. The lowest BCUT2D eigenvalue weighted by Gasteiger charge is -2.21. The van der Waals surface area contributed by atoms with E-state index in [0.717, 1.165) is 3.79 Å². The minimum atomic E-state index is -0.926. The van der Waals surface area contributed by atoms with Crippen molar-refractivity contribution in [3.63, 3.8) is 0 Å². The van der Waals surface area contributed by atoms with Gasteiger partial charge in [0.2, 0.25) is 0 Å². The topological polar surface area (TPSA) is 57.6 Å². The average molecular weight is 354 g/mol. The second kappa shape index (κ2) is 6.67. The van der Waals surface area contributed by atoms with E-state index < -0.39 is 5.97 Å². The Hall–Kier alpha value is -1.66. The number of para-hydroxylation sites is 1. The maximum atomic E-state index is 12.5. The van der Waals surface area contributed by atoms with Crippen LogP contribution < -0.4 is 4.90 Å². The van der Waals surface area contributed by atoms with E-state index in [0.29, 0.717) is 11.3 Å². The van der Waals surface area contributed by atoms with Gasteiger partial charge in [-0.2, -0.15) is 0 Å². The van der Waals surface area contributed by atoms with Crippen LogP contribution >= 0.6 is 27.3 Å². The first kappa shape index (κ1) is 14.7. The highest BCUT2D eigenvalue weighted by Gasteiger charge is 2.19. The third-order valence-corrected chi connectivity index (χ3v) is 4.18. The standard InChI is InChI=1S/C14H12BrNO3S/c15-12-8-10(9-20-12)14(19)16(7-6-13(17)18)11-4-2-1-3-5-11/h1-5,8-9H,6-7H2,(H,17,18). The van der Waals surface area contributed by atoms with Crippen molar-refractivity contribution < 1.29 is 14.7 Å². The predicted octanol–water partition coefficient (Wildman–Crippen LogP) is 3.63. The summed E-state index contributed by atoms with van der Waals surface area (Å²) in [6.07, 6.45) is -0.0913. The van der Waals surface area contributed by atoms with Gasteiger partial charge in [-0.05, 0) is 34.1 Å². The third-order valence-electron chi connectivity index (χ3n) is 2.68. The molecule has 0 saturated carbocycles. The molecule has 20 heavy (non-hydrogen) atoms. The Labute approximate surface area is 128 Å². The minimum Gasteiger partial charge on any atom is -0.481 e. The Morgan fingerprint density at radius 2 is 1.95 bits per heavy atom. The molecule has 6 heteroatoms. The maximum absolute atomic E-state index is 12.5. The number of halogens is 1. The van der Waals surface area contributed by atoms with Crippen molar-refractivity contribution in [2.45, 2.75) is 6.42 Å². The Bertz CT molecular complexity index is 612. The van der Waals surface area contributed by atoms with Crippen molar-refractivity contribution >= 4 is 44.8 Å². The fraction of sp³-hybridized carbons (Fsp3) is 0.143. The lowest BCUT2D eigenvalue weighted by Crippen LogP contribution is -2.32. The molecule has 0 radical (unpaired) electrons. The van der Waals surface area contributed by atoms with Gasteiger partial charge in [0, 0.05) is 17.6 Å². The zero-order valence-corrected chi connectivity index (χ0v) is 12.9. The first-order valence-electron chi connectivity index (χ1n) is 5.90. The second-order valence-corrected chi connectivity index (χ2v) is 6.37. The Morgan fingerprint density at radius 3 is 2.50 bits per heavy atom. The summed E-state index contributed by atoms with van der Waals surface area (Å²) >= 11 is 4.74. The zero-order chi connectivity index (χ0) is 14.5. The van der Waals surface area contributed by atoms with Crippen LogP contribution in [0.1, 0.15) is 16.8 Å². The number of hydrogen-bond donors (Lipinski definition) is 1. The number of carbonyl (C=O) groups is 2. The SMILES string of the molecule is O=C(O)CCN(C(=O)c1csc(Br)c1)c1ccccc1. The first-order chi connectivity index (χ1) is 9.58. The fourth-order valence-corrected chi connectivity index (χ4v) is 2.87.